The first kappa shape index (κ1) is 21.7. The molecule has 0 bridgehead atoms. The molecular formula is C18H11ClF3N5O2. The van der Waals surface area contributed by atoms with Gasteiger partial charge >= 0.3 is 12.0 Å². The monoisotopic (exact) mass is 421 g/mol. The van der Waals surface area contributed by atoms with Crippen molar-refractivity contribution < 1.29 is 22.8 Å². The van der Waals surface area contributed by atoms with Crippen LogP contribution in [0.2, 0.25) is 5.02 Å². The maximum Gasteiger partial charge on any atom is 0.417 e. The van der Waals surface area contributed by atoms with Gasteiger partial charge in [-0.05, 0) is 23.8 Å². The molecular weight excluding hydrogens is 411 g/mol. The highest BCUT2D eigenvalue weighted by Gasteiger charge is 2.31. The van der Waals surface area contributed by atoms with Crippen LogP contribution in [-0.4, -0.2) is 16.7 Å². The van der Waals surface area contributed by atoms with Gasteiger partial charge in [-0.2, -0.15) is 13.2 Å². The molecule has 0 fully saturated rings. The van der Waals surface area contributed by atoms with Crippen LogP contribution >= 0.6 is 11.6 Å². The molecule has 0 spiro atoms. The first-order valence-electron chi connectivity index (χ1n) is 7.81. The number of rotatable bonds is 6. The smallest absolute Gasteiger partial charge is 0.348 e. The van der Waals surface area contributed by atoms with Crippen LogP contribution in [0.3, 0.4) is 0 Å². The van der Waals surface area contributed by atoms with Gasteiger partial charge in [0, 0.05) is 11.8 Å². The molecule has 0 unspecified atom stereocenters. The third kappa shape index (κ3) is 6.19. The van der Waals surface area contributed by atoms with Crippen LogP contribution in [0.4, 0.5) is 13.2 Å². The fourth-order valence-electron chi connectivity index (χ4n) is 2.00. The average Bonchev–Trinajstić information content (AvgIpc) is 2.70. The Bertz CT molecular complexity index is 992. The highest BCUT2D eigenvalue weighted by molar-refractivity contribution is 6.31. The number of oxime groups is 1. The van der Waals surface area contributed by atoms with Crippen molar-refractivity contribution in [3.63, 3.8) is 0 Å². The van der Waals surface area contributed by atoms with E-state index in [0.29, 0.717) is 17.3 Å². The van der Waals surface area contributed by atoms with Gasteiger partial charge in [-0.15, -0.1) is 0 Å². The second kappa shape index (κ2) is 9.53. The zero-order valence-corrected chi connectivity index (χ0v) is 15.3. The summed E-state index contributed by atoms with van der Waals surface area (Å²) >= 11 is 5.80. The van der Waals surface area contributed by atoms with Gasteiger partial charge in [0.15, 0.2) is 6.61 Å². The molecule has 1 N–H and O–H groups in total. The van der Waals surface area contributed by atoms with Gasteiger partial charge in [0.2, 0.25) is 0 Å². The third-order valence-corrected chi connectivity index (χ3v) is 3.79. The topological polar surface area (TPSA) is 91.7 Å². The predicted octanol–water partition coefficient (Wildman–Crippen LogP) is 3.96. The number of nitrogens with one attached hydrogen (secondary N) is 1. The number of nitrogens with zero attached hydrogens (tertiary/aromatic N) is 4. The molecule has 0 radical (unpaired) electrons. The molecule has 1 aromatic carbocycles. The number of amidine groups is 1. The number of amides is 1. The van der Waals surface area contributed by atoms with E-state index < -0.39 is 23.5 Å². The molecule has 0 saturated heterocycles. The molecule has 1 heterocycles. The van der Waals surface area contributed by atoms with Gasteiger partial charge in [-0.25, -0.2) is 5.26 Å². The summed E-state index contributed by atoms with van der Waals surface area (Å²) in [7, 11) is 0. The van der Waals surface area contributed by atoms with Crippen molar-refractivity contribution in [1.29, 1.82) is 5.26 Å². The van der Waals surface area contributed by atoms with Crippen LogP contribution in [0, 0.1) is 17.9 Å². The van der Waals surface area contributed by atoms with Crippen molar-refractivity contribution in [2.45, 2.75) is 19.3 Å². The van der Waals surface area contributed by atoms with E-state index in [1.165, 1.54) is 12.1 Å². The lowest BCUT2D eigenvalue weighted by Gasteiger charge is -2.10. The van der Waals surface area contributed by atoms with Crippen molar-refractivity contribution in [1.82, 2.24) is 10.3 Å². The summed E-state index contributed by atoms with van der Waals surface area (Å²) in [5.41, 5.74) is 0.0567. The Labute approximate surface area is 168 Å². The summed E-state index contributed by atoms with van der Waals surface area (Å²) in [6, 6.07) is 8.46. The number of benzene rings is 1. The van der Waals surface area contributed by atoms with E-state index in [9.17, 15) is 18.0 Å². The number of carbonyl (C=O) groups is 1. The highest BCUT2D eigenvalue weighted by Crippen LogP contribution is 2.31. The Morgan fingerprint density at radius 1 is 1.38 bits per heavy atom. The highest BCUT2D eigenvalue weighted by atomic mass is 35.5. The Hall–Kier alpha value is -3.63. The molecule has 148 valence electrons. The summed E-state index contributed by atoms with van der Waals surface area (Å²) in [4.78, 5) is 23.5. The Morgan fingerprint density at radius 3 is 2.62 bits per heavy atom. The maximum atomic E-state index is 12.6. The number of hydrogen-bond donors (Lipinski definition) is 1. The van der Waals surface area contributed by atoms with Crippen molar-refractivity contribution in [3.8, 4) is 6.07 Å². The SMILES string of the molecule is [C-]#[N+]/C(C#N)=N/OCc1ccc(C(=O)NCc2ncc(C(F)(F)F)cc2Cl)cc1. The molecule has 7 nitrogen and oxygen atoms in total. The van der Waals surface area contributed by atoms with E-state index >= 15 is 0 Å². The fourth-order valence-corrected chi connectivity index (χ4v) is 2.24. The van der Waals surface area contributed by atoms with Gasteiger partial charge in [-0.3, -0.25) is 9.78 Å². The number of alkyl halides is 3. The molecule has 0 aliphatic heterocycles. The Kier molecular flexibility index (Phi) is 7.12. The lowest BCUT2D eigenvalue weighted by molar-refractivity contribution is -0.137. The summed E-state index contributed by atoms with van der Waals surface area (Å²) in [5, 5.41) is 14.2. The lowest BCUT2D eigenvalue weighted by atomic mass is 10.1. The number of aromatic nitrogens is 1. The van der Waals surface area contributed by atoms with Crippen molar-refractivity contribution in [3.05, 3.63) is 75.4 Å². The van der Waals surface area contributed by atoms with Gasteiger partial charge in [0.25, 0.3) is 5.91 Å². The van der Waals surface area contributed by atoms with Crippen molar-refractivity contribution >= 4 is 23.3 Å². The Morgan fingerprint density at radius 2 is 2.07 bits per heavy atom. The molecule has 0 aliphatic carbocycles. The lowest BCUT2D eigenvalue weighted by Crippen LogP contribution is -2.23. The first-order valence-corrected chi connectivity index (χ1v) is 8.18. The quantitative estimate of drug-likeness (QED) is 0.331. The van der Waals surface area contributed by atoms with Gasteiger partial charge in [-0.1, -0.05) is 30.3 Å². The molecule has 0 atom stereocenters. The van der Waals surface area contributed by atoms with E-state index in [2.05, 4.69) is 20.3 Å². The van der Waals surface area contributed by atoms with Gasteiger partial charge in [0.05, 0.1) is 28.0 Å². The summed E-state index contributed by atoms with van der Waals surface area (Å²) < 4.78 is 37.8. The number of pyridine rings is 1. The maximum absolute atomic E-state index is 12.6. The van der Waals surface area contributed by atoms with E-state index in [0.717, 1.165) is 6.07 Å². The van der Waals surface area contributed by atoms with E-state index in [1.807, 2.05) is 0 Å². The van der Waals surface area contributed by atoms with Crippen LogP contribution in [0.5, 0.6) is 0 Å². The first-order chi connectivity index (χ1) is 13.7. The standard InChI is InChI=1S/C18H11ClF3N5O2/c1-24-16(7-23)27-29-10-11-2-4-12(5-3-11)17(28)26-9-15-14(19)6-13(8-25-15)18(20,21)22/h2-6,8H,9-10H2,(H,26,28)/b27-16+. The van der Waals surface area contributed by atoms with E-state index in [1.54, 1.807) is 18.2 Å². The molecule has 0 saturated carbocycles. The van der Waals surface area contributed by atoms with Gasteiger partial charge in [0.1, 0.15) is 6.07 Å². The number of carbonyl (C=O) groups excluding carboxylic acids is 1. The van der Waals surface area contributed by atoms with E-state index in [-0.39, 0.29) is 23.9 Å². The zero-order chi connectivity index (χ0) is 21.4. The fraction of sp³-hybridized carbons (Fsp3) is 0.167. The predicted molar refractivity (Wildman–Crippen MR) is 96.3 cm³/mol. The second-order valence-electron chi connectivity index (χ2n) is 5.44. The second-order valence-corrected chi connectivity index (χ2v) is 5.85. The molecule has 1 aromatic heterocycles. The summed E-state index contributed by atoms with van der Waals surface area (Å²) in [6.45, 7) is 6.50. The molecule has 1 amide bonds. The molecule has 29 heavy (non-hydrogen) atoms. The van der Waals surface area contributed by atoms with E-state index in [4.69, 9.17) is 28.3 Å². The zero-order valence-electron chi connectivity index (χ0n) is 14.5. The molecule has 2 rings (SSSR count). The number of halogens is 4. The number of nitriles is 1. The largest absolute Gasteiger partial charge is 0.417 e. The normalized spacial score (nSPS) is 11.3. The Balaban J connectivity index is 1.94. The summed E-state index contributed by atoms with van der Waals surface area (Å²) in [6.07, 6.45) is -3.91. The van der Waals surface area contributed by atoms with Crippen LogP contribution in [0.15, 0.2) is 41.7 Å². The van der Waals surface area contributed by atoms with Gasteiger partial charge < -0.3 is 15.0 Å². The average molecular weight is 422 g/mol. The minimum Gasteiger partial charge on any atom is -0.348 e. The molecule has 2 aromatic rings. The van der Waals surface area contributed by atoms with Crippen LogP contribution in [-0.2, 0) is 24.2 Å². The summed E-state index contributed by atoms with van der Waals surface area (Å²) in [5.74, 6) is -0.912. The minimum atomic E-state index is -4.55. The minimum absolute atomic E-state index is 0.00627. The number of hydrogen-bond acceptors (Lipinski definition) is 5. The van der Waals surface area contributed by atoms with Crippen LogP contribution in [0.25, 0.3) is 4.85 Å². The van der Waals surface area contributed by atoms with Crippen molar-refractivity contribution in [2.24, 2.45) is 5.16 Å². The molecule has 0 aliphatic rings. The molecule has 11 heteroatoms. The third-order valence-electron chi connectivity index (χ3n) is 3.47. The van der Waals surface area contributed by atoms with Crippen LogP contribution < -0.4 is 5.32 Å². The van der Waals surface area contributed by atoms with Crippen molar-refractivity contribution in [2.75, 3.05) is 0 Å². The van der Waals surface area contributed by atoms with Crippen LogP contribution in [0.1, 0.15) is 27.2 Å².